The first kappa shape index (κ1) is 16.6. The largest absolute Gasteiger partial charge is 0.552 e. The first-order valence-corrected chi connectivity index (χ1v) is 8.86. The first-order chi connectivity index (χ1) is 12.9. The number of H-pyrrole nitrogens is 1. The number of pyridine rings is 1. The maximum atomic E-state index is 12.9. The molecular formula is C17H17BF2N4O3. The summed E-state index contributed by atoms with van der Waals surface area (Å²) in [5.74, 6) is -0.399. The molecule has 27 heavy (non-hydrogen) atoms. The van der Waals surface area contributed by atoms with Crippen LogP contribution in [-0.2, 0) is 0 Å². The molecule has 2 fully saturated rings. The van der Waals surface area contributed by atoms with Gasteiger partial charge in [-0.3, -0.25) is 0 Å². The van der Waals surface area contributed by atoms with Gasteiger partial charge >= 0.3 is 13.1 Å². The second kappa shape index (κ2) is 5.69. The minimum Gasteiger partial charge on any atom is -0.531 e. The van der Waals surface area contributed by atoms with Crippen LogP contribution in [0.4, 0.5) is 13.6 Å². The number of nitrogens with one attached hydrogen (secondary N) is 2. The molecule has 7 nitrogen and oxygen atoms in total. The van der Waals surface area contributed by atoms with Crippen LogP contribution in [0.5, 0.6) is 5.75 Å². The van der Waals surface area contributed by atoms with Crippen molar-refractivity contribution in [3.63, 3.8) is 0 Å². The molecule has 0 atom stereocenters. The van der Waals surface area contributed by atoms with Gasteiger partial charge < -0.3 is 24.9 Å². The standard InChI is InChI=1S/C17H17BF2N4O3/c19-17(20)7-24(8-17)16(25)23-10-3-9(4-10)12-5-18(26)27-13-6-22-15-11(14(12)13)1-2-21-15/h1-2,5-6,9-10,26H,3-4,7-8H2,(H,21,22)(H,23,25)/t9-,10+. The normalized spacial score (nSPS) is 25.8. The predicted octanol–water partition coefficient (Wildman–Crippen LogP) is 1.80. The number of nitrogens with zero attached hydrogens (tertiary/aromatic N) is 2. The Labute approximate surface area is 153 Å². The summed E-state index contributed by atoms with van der Waals surface area (Å²) in [6.07, 6.45) is 4.75. The summed E-state index contributed by atoms with van der Waals surface area (Å²) in [5, 5.41) is 13.7. The van der Waals surface area contributed by atoms with Crippen molar-refractivity contribution in [1.29, 1.82) is 0 Å². The van der Waals surface area contributed by atoms with Crippen molar-refractivity contribution in [3.8, 4) is 5.75 Å². The molecule has 140 valence electrons. The molecule has 10 heteroatoms. The van der Waals surface area contributed by atoms with E-state index in [-0.39, 0.29) is 12.0 Å². The predicted molar refractivity (Wildman–Crippen MR) is 94.2 cm³/mol. The average Bonchev–Trinajstić information content (AvgIpc) is 3.03. The molecule has 0 bridgehead atoms. The number of carbonyl (C=O) groups excluding carboxylic acids is 1. The van der Waals surface area contributed by atoms with E-state index < -0.39 is 32.2 Å². The van der Waals surface area contributed by atoms with Crippen LogP contribution < -0.4 is 9.97 Å². The summed E-state index contributed by atoms with van der Waals surface area (Å²) < 4.78 is 31.3. The van der Waals surface area contributed by atoms with E-state index in [1.54, 1.807) is 18.4 Å². The number of likely N-dealkylation sites (tertiary alicyclic amines) is 1. The Bertz CT molecular complexity index is 949. The number of hydrogen-bond acceptors (Lipinski definition) is 4. The monoisotopic (exact) mass is 374 g/mol. The van der Waals surface area contributed by atoms with Crippen LogP contribution in [0.15, 0.2) is 24.4 Å². The van der Waals surface area contributed by atoms with Crippen molar-refractivity contribution in [2.45, 2.75) is 24.8 Å². The lowest BCUT2D eigenvalue weighted by atomic mass is 9.68. The minimum absolute atomic E-state index is 0.0652. The first-order valence-electron chi connectivity index (χ1n) is 8.86. The third kappa shape index (κ3) is 2.75. The molecule has 3 N–H and O–H groups in total. The van der Waals surface area contributed by atoms with Crippen molar-refractivity contribution in [2.24, 2.45) is 5.92 Å². The molecule has 2 aliphatic heterocycles. The molecule has 0 aromatic carbocycles. The number of allylic oxidation sites excluding steroid dienone is 1. The van der Waals surface area contributed by atoms with Crippen molar-refractivity contribution < 1.29 is 23.3 Å². The van der Waals surface area contributed by atoms with E-state index in [0.29, 0.717) is 18.6 Å². The fourth-order valence-corrected chi connectivity index (χ4v) is 4.03. The molecule has 1 saturated heterocycles. The summed E-state index contributed by atoms with van der Waals surface area (Å²) in [5.41, 5.74) is 2.61. The number of halogens is 2. The number of fused-ring (bicyclic) bond motifs is 3. The second-order valence-electron chi connectivity index (χ2n) is 7.39. The van der Waals surface area contributed by atoms with Gasteiger partial charge in [-0.25, -0.2) is 18.6 Å². The average molecular weight is 374 g/mol. The summed E-state index contributed by atoms with van der Waals surface area (Å²) in [7, 11) is -1.04. The highest BCUT2D eigenvalue weighted by atomic mass is 19.3. The number of aromatic amines is 1. The Morgan fingerprint density at radius 3 is 2.96 bits per heavy atom. The van der Waals surface area contributed by atoms with Gasteiger partial charge in [-0.2, -0.15) is 0 Å². The van der Waals surface area contributed by atoms with Crippen LogP contribution in [0.3, 0.4) is 0 Å². The van der Waals surface area contributed by atoms with Gasteiger partial charge in [0.05, 0.1) is 19.3 Å². The molecule has 3 aliphatic rings. The number of alkyl halides is 2. The molecule has 2 aromatic rings. The third-order valence-electron chi connectivity index (χ3n) is 5.45. The molecule has 2 amide bonds. The molecule has 0 spiro atoms. The second-order valence-corrected chi connectivity index (χ2v) is 7.39. The lowest BCUT2D eigenvalue weighted by Crippen LogP contribution is -2.62. The zero-order valence-electron chi connectivity index (χ0n) is 14.3. The fraction of sp³-hybridized carbons (Fsp3) is 0.412. The van der Waals surface area contributed by atoms with Crippen LogP contribution in [0.25, 0.3) is 16.6 Å². The quantitative estimate of drug-likeness (QED) is 0.700. The maximum absolute atomic E-state index is 12.9. The highest BCUT2D eigenvalue weighted by molar-refractivity contribution is 6.52. The number of amides is 2. The molecule has 4 heterocycles. The minimum atomic E-state index is -2.76. The Morgan fingerprint density at radius 1 is 1.44 bits per heavy atom. The van der Waals surface area contributed by atoms with Crippen LogP contribution in [0.2, 0.25) is 0 Å². The highest BCUT2D eigenvalue weighted by Gasteiger charge is 2.47. The fourth-order valence-electron chi connectivity index (χ4n) is 4.03. The van der Waals surface area contributed by atoms with E-state index in [2.05, 4.69) is 15.3 Å². The topological polar surface area (TPSA) is 90.5 Å². The zero-order chi connectivity index (χ0) is 18.8. The van der Waals surface area contributed by atoms with E-state index in [1.165, 1.54) is 0 Å². The Hall–Kier alpha value is -2.62. The van der Waals surface area contributed by atoms with Gasteiger partial charge in [0, 0.05) is 23.2 Å². The van der Waals surface area contributed by atoms with E-state index >= 15 is 0 Å². The van der Waals surface area contributed by atoms with Gasteiger partial charge in [-0.05, 0) is 36.4 Å². The lowest BCUT2D eigenvalue weighted by Gasteiger charge is -2.43. The Balaban J connectivity index is 1.30. The van der Waals surface area contributed by atoms with Gasteiger partial charge in [0.25, 0.3) is 5.92 Å². The van der Waals surface area contributed by atoms with Gasteiger partial charge in [0.1, 0.15) is 11.4 Å². The zero-order valence-corrected chi connectivity index (χ0v) is 14.3. The molecule has 2 aromatic heterocycles. The lowest BCUT2D eigenvalue weighted by molar-refractivity contribution is -0.110. The number of urea groups is 1. The van der Waals surface area contributed by atoms with Crippen molar-refractivity contribution >= 4 is 29.8 Å². The number of rotatable bonds is 2. The summed E-state index contributed by atoms with van der Waals surface area (Å²) >= 11 is 0. The van der Waals surface area contributed by atoms with Gasteiger partial charge in [-0.1, -0.05) is 0 Å². The van der Waals surface area contributed by atoms with Crippen LogP contribution in [0, 0.1) is 5.92 Å². The molecule has 0 radical (unpaired) electrons. The number of carbonyl (C=O) groups is 1. The van der Waals surface area contributed by atoms with Crippen LogP contribution >= 0.6 is 0 Å². The Morgan fingerprint density at radius 2 is 2.22 bits per heavy atom. The maximum Gasteiger partial charge on any atom is 0.552 e. The summed E-state index contributed by atoms with van der Waals surface area (Å²) in [4.78, 5) is 20.5. The summed E-state index contributed by atoms with van der Waals surface area (Å²) in [6, 6.07) is 1.41. The molecule has 1 saturated carbocycles. The molecular weight excluding hydrogens is 357 g/mol. The SMILES string of the molecule is O=C(N[C@H]1C[C@@H](C2=CB(O)Oc3cnc4[nH]ccc4c32)C1)N1CC(F)(F)C1. The molecule has 1 aliphatic carbocycles. The van der Waals surface area contributed by atoms with E-state index in [4.69, 9.17) is 4.65 Å². The van der Waals surface area contributed by atoms with Crippen molar-refractivity contribution in [3.05, 3.63) is 30.0 Å². The smallest absolute Gasteiger partial charge is 0.531 e. The Kier molecular flexibility index (Phi) is 3.49. The van der Waals surface area contributed by atoms with Gasteiger partial charge in [0.15, 0.2) is 0 Å². The number of aromatic nitrogens is 2. The van der Waals surface area contributed by atoms with Crippen LogP contribution in [-0.4, -0.2) is 58.1 Å². The van der Waals surface area contributed by atoms with Gasteiger partial charge in [0.2, 0.25) is 0 Å². The molecule has 0 unspecified atom stereocenters. The van der Waals surface area contributed by atoms with E-state index in [0.717, 1.165) is 27.1 Å². The summed E-state index contributed by atoms with van der Waals surface area (Å²) in [6.45, 7) is -1.04. The van der Waals surface area contributed by atoms with Crippen LogP contribution in [0.1, 0.15) is 18.4 Å². The highest BCUT2D eigenvalue weighted by Crippen LogP contribution is 2.46. The van der Waals surface area contributed by atoms with Crippen molar-refractivity contribution in [1.82, 2.24) is 20.2 Å². The van der Waals surface area contributed by atoms with Gasteiger partial charge in [-0.15, -0.1) is 0 Å². The van der Waals surface area contributed by atoms with E-state index in [1.807, 2.05) is 6.07 Å². The van der Waals surface area contributed by atoms with Crippen molar-refractivity contribution in [2.75, 3.05) is 13.1 Å². The van der Waals surface area contributed by atoms with E-state index in [9.17, 15) is 18.6 Å². The molecule has 5 rings (SSSR count). The number of hydrogen-bond donors (Lipinski definition) is 3. The third-order valence-corrected chi connectivity index (χ3v) is 5.45.